The first-order chi connectivity index (χ1) is 10.1. The fourth-order valence-corrected chi connectivity index (χ4v) is 2.79. The lowest BCUT2D eigenvalue weighted by Crippen LogP contribution is -2.40. The summed E-state index contributed by atoms with van der Waals surface area (Å²) in [6, 6.07) is 3.17. The molecule has 0 saturated carbocycles. The summed E-state index contributed by atoms with van der Waals surface area (Å²) < 4.78 is 1.48. The molecule has 0 bridgehead atoms. The molecule has 5 heteroatoms. The standard InChI is InChI=1S/C16H25N3O2/c1-3-9-19(12-13-4-7-17-8-5-13)16(21)14-6-10-18(2)15(20)11-14/h6,10-11,13,17H,3-5,7-9,12H2,1-2H3. The van der Waals surface area contributed by atoms with E-state index in [-0.39, 0.29) is 11.5 Å². The van der Waals surface area contributed by atoms with Gasteiger partial charge in [0.15, 0.2) is 0 Å². The zero-order chi connectivity index (χ0) is 15.2. The van der Waals surface area contributed by atoms with E-state index >= 15 is 0 Å². The van der Waals surface area contributed by atoms with Gasteiger partial charge in [0.25, 0.3) is 11.5 Å². The molecule has 1 aliphatic heterocycles. The molecule has 1 aliphatic rings. The van der Waals surface area contributed by atoms with Crippen molar-refractivity contribution in [1.29, 1.82) is 0 Å². The van der Waals surface area contributed by atoms with Crippen molar-refractivity contribution >= 4 is 5.91 Å². The van der Waals surface area contributed by atoms with Crippen molar-refractivity contribution in [2.75, 3.05) is 26.2 Å². The lowest BCUT2D eigenvalue weighted by Gasteiger charge is -2.30. The number of hydrogen-bond donors (Lipinski definition) is 1. The van der Waals surface area contributed by atoms with Gasteiger partial charge < -0.3 is 14.8 Å². The minimum Gasteiger partial charge on any atom is -0.338 e. The van der Waals surface area contributed by atoms with Crippen molar-refractivity contribution in [2.45, 2.75) is 26.2 Å². The third-order valence-electron chi connectivity index (χ3n) is 4.07. The topological polar surface area (TPSA) is 54.3 Å². The number of nitrogens with one attached hydrogen (secondary N) is 1. The molecule has 2 rings (SSSR count). The lowest BCUT2D eigenvalue weighted by atomic mass is 9.97. The van der Waals surface area contributed by atoms with Gasteiger partial charge in [-0.05, 0) is 44.3 Å². The molecule has 116 valence electrons. The summed E-state index contributed by atoms with van der Waals surface area (Å²) in [7, 11) is 1.69. The second-order valence-electron chi connectivity index (χ2n) is 5.81. The molecule has 0 radical (unpaired) electrons. The Hall–Kier alpha value is -1.62. The molecule has 0 atom stereocenters. The second kappa shape index (κ2) is 7.41. The van der Waals surface area contributed by atoms with E-state index in [0.29, 0.717) is 11.5 Å². The van der Waals surface area contributed by atoms with E-state index in [1.54, 1.807) is 19.3 Å². The average molecular weight is 291 g/mol. The molecular weight excluding hydrogens is 266 g/mol. The first kappa shape index (κ1) is 15.8. The fourth-order valence-electron chi connectivity index (χ4n) is 2.79. The van der Waals surface area contributed by atoms with Crippen molar-refractivity contribution in [3.63, 3.8) is 0 Å². The Morgan fingerprint density at radius 3 is 2.76 bits per heavy atom. The fraction of sp³-hybridized carbons (Fsp3) is 0.625. The van der Waals surface area contributed by atoms with Crippen LogP contribution in [-0.2, 0) is 7.05 Å². The van der Waals surface area contributed by atoms with Gasteiger partial charge in [0.2, 0.25) is 0 Å². The Morgan fingerprint density at radius 1 is 1.43 bits per heavy atom. The Balaban J connectivity index is 2.10. The van der Waals surface area contributed by atoms with Crippen LogP contribution in [0, 0.1) is 5.92 Å². The first-order valence-electron chi connectivity index (χ1n) is 7.78. The van der Waals surface area contributed by atoms with Gasteiger partial charge in [0.05, 0.1) is 0 Å². The van der Waals surface area contributed by atoms with Gasteiger partial charge in [-0.2, -0.15) is 0 Å². The number of carbonyl (C=O) groups is 1. The van der Waals surface area contributed by atoms with Crippen molar-refractivity contribution in [3.8, 4) is 0 Å². The maximum Gasteiger partial charge on any atom is 0.254 e. The van der Waals surface area contributed by atoms with Crippen LogP contribution in [0.4, 0.5) is 0 Å². The number of aromatic nitrogens is 1. The number of nitrogens with zero attached hydrogens (tertiary/aromatic N) is 2. The van der Waals surface area contributed by atoms with Crippen molar-refractivity contribution in [2.24, 2.45) is 13.0 Å². The average Bonchev–Trinajstić information content (AvgIpc) is 2.50. The number of aryl methyl sites for hydroxylation is 1. The summed E-state index contributed by atoms with van der Waals surface area (Å²) in [6.45, 7) is 5.68. The molecule has 2 heterocycles. The monoisotopic (exact) mass is 291 g/mol. The summed E-state index contributed by atoms with van der Waals surface area (Å²) in [5.41, 5.74) is 0.361. The third kappa shape index (κ3) is 4.17. The van der Waals surface area contributed by atoms with Crippen LogP contribution < -0.4 is 10.9 Å². The van der Waals surface area contributed by atoms with E-state index in [9.17, 15) is 9.59 Å². The number of piperidine rings is 1. The van der Waals surface area contributed by atoms with E-state index in [4.69, 9.17) is 0 Å². The summed E-state index contributed by atoms with van der Waals surface area (Å²) in [4.78, 5) is 26.2. The number of amides is 1. The van der Waals surface area contributed by atoms with Crippen molar-refractivity contribution in [1.82, 2.24) is 14.8 Å². The molecule has 21 heavy (non-hydrogen) atoms. The van der Waals surface area contributed by atoms with Crippen LogP contribution in [0.25, 0.3) is 0 Å². The highest BCUT2D eigenvalue weighted by atomic mass is 16.2. The highest BCUT2D eigenvalue weighted by Gasteiger charge is 2.21. The summed E-state index contributed by atoms with van der Waals surface area (Å²) in [5.74, 6) is 0.543. The number of hydrogen-bond acceptors (Lipinski definition) is 3. The quantitative estimate of drug-likeness (QED) is 0.888. The molecule has 1 fully saturated rings. The van der Waals surface area contributed by atoms with Crippen LogP contribution in [0.1, 0.15) is 36.5 Å². The lowest BCUT2D eigenvalue weighted by molar-refractivity contribution is 0.0716. The van der Waals surface area contributed by atoms with E-state index in [0.717, 1.165) is 45.4 Å². The number of rotatable bonds is 5. The van der Waals surface area contributed by atoms with Gasteiger partial charge in [0.1, 0.15) is 0 Å². The molecule has 0 spiro atoms. The Kier molecular flexibility index (Phi) is 5.56. The second-order valence-corrected chi connectivity index (χ2v) is 5.81. The first-order valence-corrected chi connectivity index (χ1v) is 7.78. The molecule has 1 amide bonds. The van der Waals surface area contributed by atoms with Crippen LogP contribution in [-0.4, -0.2) is 41.6 Å². The number of pyridine rings is 1. The van der Waals surface area contributed by atoms with Crippen LogP contribution in [0.15, 0.2) is 23.1 Å². The van der Waals surface area contributed by atoms with E-state index < -0.39 is 0 Å². The molecule has 0 unspecified atom stereocenters. The summed E-state index contributed by atoms with van der Waals surface area (Å²) >= 11 is 0. The van der Waals surface area contributed by atoms with Crippen LogP contribution in [0.5, 0.6) is 0 Å². The maximum absolute atomic E-state index is 12.6. The molecule has 1 saturated heterocycles. The molecule has 1 aromatic heterocycles. The van der Waals surface area contributed by atoms with E-state index in [1.165, 1.54) is 10.6 Å². The third-order valence-corrected chi connectivity index (χ3v) is 4.07. The van der Waals surface area contributed by atoms with Gasteiger partial charge >= 0.3 is 0 Å². The zero-order valence-electron chi connectivity index (χ0n) is 13.0. The van der Waals surface area contributed by atoms with Crippen molar-refractivity contribution in [3.05, 3.63) is 34.2 Å². The molecule has 5 nitrogen and oxygen atoms in total. The van der Waals surface area contributed by atoms with Gasteiger partial charge in [-0.25, -0.2) is 0 Å². The van der Waals surface area contributed by atoms with Gasteiger partial charge in [-0.3, -0.25) is 9.59 Å². The predicted octanol–water partition coefficient (Wildman–Crippen LogP) is 1.24. The highest BCUT2D eigenvalue weighted by Crippen LogP contribution is 2.15. The summed E-state index contributed by atoms with van der Waals surface area (Å²) in [6.07, 6.45) is 4.82. The molecule has 1 aromatic rings. The SMILES string of the molecule is CCCN(CC1CCNCC1)C(=O)c1ccn(C)c(=O)c1. The Bertz CT molecular complexity index is 533. The van der Waals surface area contributed by atoms with E-state index in [2.05, 4.69) is 12.2 Å². The van der Waals surface area contributed by atoms with Crippen LogP contribution in [0.2, 0.25) is 0 Å². The minimum atomic E-state index is -0.140. The molecule has 1 N–H and O–H groups in total. The normalized spacial score (nSPS) is 15.9. The Labute approximate surface area is 126 Å². The smallest absolute Gasteiger partial charge is 0.254 e. The van der Waals surface area contributed by atoms with Gasteiger partial charge in [-0.15, -0.1) is 0 Å². The Morgan fingerprint density at radius 2 is 2.14 bits per heavy atom. The van der Waals surface area contributed by atoms with Gasteiger partial charge in [0, 0.05) is 38.0 Å². The van der Waals surface area contributed by atoms with E-state index in [1.807, 2.05) is 4.90 Å². The molecule has 0 aromatic carbocycles. The zero-order valence-corrected chi connectivity index (χ0v) is 13.0. The summed E-state index contributed by atoms with van der Waals surface area (Å²) in [5, 5.41) is 3.35. The van der Waals surface area contributed by atoms with Gasteiger partial charge in [-0.1, -0.05) is 6.92 Å². The minimum absolute atomic E-state index is 0.0203. The predicted molar refractivity (Wildman–Crippen MR) is 83.5 cm³/mol. The largest absolute Gasteiger partial charge is 0.338 e. The highest BCUT2D eigenvalue weighted by molar-refractivity contribution is 5.94. The number of carbonyl (C=O) groups excluding carboxylic acids is 1. The van der Waals surface area contributed by atoms with Crippen LogP contribution in [0.3, 0.4) is 0 Å². The van der Waals surface area contributed by atoms with Crippen LogP contribution >= 0.6 is 0 Å². The van der Waals surface area contributed by atoms with Crippen molar-refractivity contribution < 1.29 is 4.79 Å². The molecular formula is C16H25N3O2. The maximum atomic E-state index is 12.6. The molecule has 0 aliphatic carbocycles.